The van der Waals surface area contributed by atoms with E-state index >= 15 is 0 Å². The highest BCUT2D eigenvalue weighted by atomic mass is 32.2. The van der Waals surface area contributed by atoms with Gasteiger partial charge in [-0.25, -0.2) is 4.79 Å². The van der Waals surface area contributed by atoms with Crippen molar-refractivity contribution in [1.82, 2.24) is 0 Å². The number of rotatable bonds is 3. The van der Waals surface area contributed by atoms with Crippen molar-refractivity contribution in [2.24, 2.45) is 0 Å². The van der Waals surface area contributed by atoms with Crippen molar-refractivity contribution in [3.05, 3.63) is 18.2 Å². The Morgan fingerprint density at radius 3 is 3.11 bits per heavy atom. The van der Waals surface area contributed by atoms with Gasteiger partial charge in [0, 0.05) is 22.9 Å². The molecule has 1 aliphatic heterocycles. The lowest BCUT2D eigenvalue weighted by Gasteiger charge is -2.34. The molecule has 2 N–H and O–H groups in total. The topological polar surface area (TPSA) is 55.6 Å². The van der Waals surface area contributed by atoms with Crippen LogP contribution in [0.3, 0.4) is 0 Å². The highest BCUT2D eigenvalue weighted by molar-refractivity contribution is 7.99. The summed E-state index contributed by atoms with van der Waals surface area (Å²) in [5, 5.41) is 0. The Kier molecular flexibility index (Phi) is 4.01. The number of hydrogen-bond acceptors (Lipinski definition) is 5. The molecule has 1 aliphatic rings. The van der Waals surface area contributed by atoms with Crippen LogP contribution in [0, 0.1) is 0 Å². The van der Waals surface area contributed by atoms with Gasteiger partial charge in [0.15, 0.2) is 0 Å². The summed E-state index contributed by atoms with van der Waals surface area (Å²) in [7, 11) is 0. The minimum atomic E-state index is -0.272. The Morgan fingerprint density at radius 2 is 2.39 bits per heavy atom. The maximum absolute atomic E-state index is 11.8. The lowest BCUT2D eigenvalue weighted by Crippen LogP contribution is -2.43. The normalized spacial score (nSPS) is 16.0. The molecule has 1 unspecified atom stereocenters. The SMILES string of the molecule is CCOC(=O)C(C)N1CCSc2ccc(N)cc21. The van der Waals surface area contributed by atoms with Gasteiger partial charge in [0.2, 0.25) is 0 Å². The molecule has 2 rings (SSSR count). The molecule has 18 heavy (non-hydrogen) atoms. The molecule has 1 aromatic carbocycles. The van der Waals surface area contributed by atoms with Crippen molar-refractivity contribution in [3.63, 3.8) is 0 Å². The number of esters is 1. The van der Waals surface area contributed by atoms with Gasteiger partial charge in [-0.3, -0.25) is 0 Å². The number of carbonyl (C=O) groups excluding carboxylic acids is 1. The molecule has 0 aliphatic carbocycles. The number of hydrogen-bond donors (Lipinski definition) is 1. The van der Waals surface area contributed by atoms with E-state index in [0.717, 1.165) is 23.7 Å². The standard InChI is InChI=1S/C13H18N2O2S/c1-3-17-13(16)9(2)15-6-7-18-12-5-4-10(14)8-11(12)15/h4-5,8-9H,3,6-7,14H2,1-2H3. The van der Waals surface area contributed by atoms with Crippen LogP contribution in [0.5, 0.6) is 0 Å². The molecule has 0 fully saturated rings. The number of ether oxygens (including phenoxy) is 1. The van der Waals surface area contributed by atoms with Crippen LogP contribution in [0.15, 0.2) is 23.1 Å². The molecule has 1 atom stereocenters. The van der Waals surface area contributed by atoms with Gasteiger partial charge in [0.25, 0.3) is 0 Å². The minimum absolute atomic E-state index is 0.183. The maximum Gasteiger partial charge on any atom is 0.328 e. The predicted molar refractivity (Wildman–Crippen MR) is 75.0 cm³/mol. The first-order chi connectivity index (χ1) is 8.63. The Balaban J connectivity index is 2.26. The van der Waals surface area contributed by atoms with E-state index in [1.807, 2.05) is 32.0 Å². The average molecular weight is 266 g/mol. The second kappa shape index (κ2) is 5.52. The fraction of sp³-hybridized carbons (Fsp3) is 0.462. The Hall–Kier alpha value is -1.36. The molecule has 0 spiro atoms. The van der Waals surface area contributed by atoms with E-state index < -0.39 is 0 Å². The molecule has 0 saturated carbocycles. The van der Waals surface area contributed by atoms with Gasteiger partial charge in [0.05, 0.1) is 12.3 Å². The van der Waals surface area contributed by atoms with Crippen molar-refractivity contribution in [3.8, 4) is 0 Å². The molecule has 0 saturated heterocycles. The van der Waals surface area contributed by atoms with Gasteiger partial charge in [-0.05, 0) is 32.0 Å². The van der Waals surface area contributed by atoms with E-state index in [-0.39, 0.29) is 12.0 Å². The van der Waals surface area contributed by atoms with Crippen LogP contribution in [-0.2, 0) is 9.53 Å². The van der Waals surface area contributed by atoms with Crippen molar-refractivity contribution in [1.29, 1.82) is 0 Å². The number of thioether (sulfide) groups is 1. The van der Waals surface area contributed by atoms with Gasteiger partial charge in [-0.2, -0.15) is 0 Å². The Morgan fingerprint density at radius 1 is 1.61 bits per heavy atom. The third kappa shape index (κ3) is 2.56. The van der Waals surface area contributed by atoms with Crippen molar-refractivity contribution < 1.29 is 9.53 Å². The van der Waals surface area contributed by atoms with Gasteiger partial charge in [-0.1, -0.05) is 0 Å². The second-order valence-corrected chi connectivity index (χ2v) is 5.33. The largest absolute Gasteiger partial charge is 0.464 e. The highest BCUT2D eigenvalue weighted by Crippen LogP contribution is 2.37. The molecule has 5 heteroatoms. The van der Waals surface area contributed by atoms with E-state index in [1.54, 1.807) is 11.8 Å². The van der Waals surface area contributed by atoms with Crippen LogP contribution in [0.1, 0.15) is 13.8 Å². The Bertz CT molecular complexity index is 451. The number of benzene rings is 1. The van der Waals surface area contributed by atoms with Crippen molar-refractivity contribution >= 4 is 29.1 Å². The van der Waals surface area contributed by atoms with E-state index in [2.05, 4.69) is 4.90 Å². The average Bonchev–Trinajstić information content (AvgIpc) is 2.37. The first kappa shape index (κ1) is 13.1. The van der Waals surface area contributed by atoms with Crippen LogP contribution < -0.4 is 10.6 Å². The first-order valence-electron chi connectivity index (χ1n) is 6.09. The zero-order valence-corrected chi connectivity index (χ0v) is 11.5. The molecule has 4 nitrogen and oxygen atoms in total. The van der Waals surface area contributed by atoms with E-state index in [4.69, 9.17) is 10.5 Å². The van der Waals surface area contributed by atoms with Crippen LogP contribution in [-0.4, -0.2) is 30.9 Å². The smallest absolute Gasteiger partial charge is 0.328 e. The number of anilines is 2. The molecule has 98 valence electrons. The van der Waals surface area contributed by atoms with E-state index in [9.17, 15) is 4.79 Å². The number of nitrogens with zero attached hydrogens (tertiary/aromatic N) is 1. The zero-order valence-electron chi connectivity index (χ0n) is 10.7. The molecule has 0 amide bonds. The third-order valence-electron chi connectivity index (χ3n) is 2.98. The predicted octanol–water partition coefficient (Wildman–Crippen LogP) is 2.13. The fourth-order valence-electron chi connectivity index (χ4n) is 2.05. The summed E-state index contributed by atoms with van der Waals surface area (Å²) in [6, 6.07) is 5.56. The second-order valence-electron chi connectivity index (χ2n) is 4.20. The van der Waals surface area contributed by atoms with E-state index in [0.29, 0.717) is 6.61 Å². The third-order valence-corrected chi connectivity index (χ3v) is 4.02. The summed E-state index contributed by atoms with van der Waals surface area (Å²) < 4.78 is 5.08. The number of fused-ring (bicyclic) bond motifs is 1. The summed E-state index contributed by atoms with van der Waals surface area (Å²) in [5.74, 6) is 0.790. The molecule has 0 aromatic heterocycles. The van der Waals surface area contributed by atoms with Crippen molar-refractivity contribution in [2.45, 2.75) is 24.8 Å². The van der Waals surface area contributed by atoms with Crippen molar-refractivity contribution in [2.75, 3.05) is 29.5 Å². The van der Waals surface area contributed by atoms with Gasteiger partial charge >= 0.3 is 5.97 Å². The molecule has 1 heterocycles. The molecular weight excluding hydrogens is 248 g/mol. The number of carbonyl (C=O) groups is 1. The first-order valence-corrected chi connectivity index (χ1v) is 7.07. The quantitative estimate of drug-likeness (QED) is 0.671. The summed E-state index contributed by atoms with van der Waals surface area (Å²) >= 11 is 1.79. The summed E-state index contributed by atoms with van der Waals surface area (Å²) in [6.07, 6.45) is 0. The van der Waals surface area contributed by atoms with Crippen LogP contribution >= 0.6 is 11.8 Å². The summed E-state index contributed by atoms with van der Waals surface area (Å²) in [5.41, 5.74) is 7.58. The minimum Gasteiger partial charge on any atom is -0.464 e. The number of nitrogen functional groups attached to an aromatic ring is 1. The molecule has 1 aromatic rings. The van der Waals surface area contributed by atoms with Gasteiger partial charge in [0.1, 0.15) is 6.04 Å². The van der Waals surface area contributed by atoms with Gasteiger partial charge in [-0.15, -0.1) is 11.8 Å². The number of nitrogens with two attached hydrogens (primary N) is 1. The molecular formula is C13H18N2O2S. The van der Waals surface area contributed by atoms with Crippen LogP contribution in [0.25, 0.3) is 0 Å². The van der Waals surface area contributed by atoms with Crippen LogP contribution in [0.4, 0.5) is 11.4 Å². The zero-order chi connectivity index (χ0) is 13.1. The fourth-order valence-corrected chi connectivity index (χ4v) is 3.04. The Labute approximate surface area is 111 Å². The van der Waals surface area contributed by atoms with Crippen LogP contribution in [0.2, 0.25) is 0 Å². The summed E-state index contributed by atoms with van der Waals surface area (Å²) in [4.78, 5) is 15.1. The lowest BCUT2D eigenvalue weighted by molar-refractivity contribution is -0.144. The molecule has 0 bridgehead atoms. The van der Waals surface area contributed by atoms with E-state index in [1.165, 1.54) is 4.90 Å². The van der Waals surface area contributed by atoms with Gasteiger partial charge < -0.3 is 15.4 Å². The molecule has 0 radical (unpaired) electrons. The highest BCUT2D eigenvalue weighted by Gasteiger charge is 2.27. The lowest BCUT2D eigenvalue weighted by atomic mass is 10.2. The monoisotopic (exact) mass is 266 g/mol. The maximum atomic E-state index is 11.8. The summed E-state index contributed by atoms with van der Waals surface area (Å²) in [6.45, 7) is 4.94.